The first-order valence-electron chi connectivity index (χ1n) is 9.70. The molecule has 0 saturated heterocycles. The molecule has 7 heteroatoms. The summed E-state index contributed by atoms with van der Waals surface area (Å²) in [4.78, 5) is 13.1. The average molecular weight is 393 g/mol. The fourth-order valence-corrected chi connectivity index (χ4v) is 4.64. The molecule has 2 aromatic carbocycles. The second-order valence-electron chi connectivity index (χ2n) is 7.90. The molecule has 1 aromatic heterocycles. The molecule has 6 rings (SSSR count). The average Bonchev–Trinajstić information content (AvgIpc) is 3.04. The Hall–Kier alpha value is -3.22. The first kappa shape index (κ1) is 16.7. The number of amides is 1. The summed E-state index contributed by atoms with van der Waals surface area (Å²) in [6.07, 6.45) is 1.79. The van der Waals surface area contributed by atoms with Crippen molar-refractivity contribution >= 4 is 5.91 Å². The van der Waals surface area contributed by atoms with Gasteiger partial charge in [-0.3, -0.25) is 4.79 Å². The molecule has 0 spiro atoms. The summed E-state index contributed by atoms with van der Waals surface area (Å²) in [5, 5.41) is 7.47. The van der Waals surface area contributed by atoms with Gasteiger partial charge in [0.1, 0.15) is 23.9 Å². The maximum atomic E-state index is 14.4. The second kappa shape index (κ2) is 5.89. The molecule has 2 heterocycles. The fourth-order valence-electron chi connectivity index (χ4n) is 4.64. The fraction of sp³-hybridized carbons (Fsp3) is 0.273. The molecule has 2 aliphatic carbocycles. The van der Waals surface area contributed by atoms with Crippen LogP contribution in [0, 0.1) is 17.6 Å². The highest BCUT2D eigenvalue weighted by Crippen LogP contribution is 2.57. The topological polar surface area (TPSA) is 56.1 Å². The minimum absolute atomic E-state index is 0.170. The normalized spacial score (nSPS) is 23.2. The molecule has 1 N–H and O–H groups in total. The standard InChI is InChI=1S/C22H17F2N3O2/c23-12-5-6-18(16(24)9-12)27-21-14-7-11(14)8-15(21)20(26-27)22(28)25-17-10-29-19-4-2-1-3-13(17)19/h1-6,9,11,14,17H,7-8,10H2,(H,25,28)/t11-,14-,17?/m1/s1. The lowest BCUT2D eigenvalue weighted by Crippen LogP contribution is -2.30. The van der Waals surface area contributed by atoms with Gasteiger partial charge in [-0.05, 0) is 37.0 Å². The molecule has 1 fully saturated rings. The molecular weight excluding hydrogens is 376 g/mol. The molecule has 29 heavy (non-hydrogen) atoms. The van der Waals surface area contributed by atoms with Crippen molar-refractivity contribution in [3.63, 3.8) is 0 Å². The lowest BCUT2D eigenvalue weighted by Gasteiger charge is -2.11. The van der Waals surface area contributed by atoms with E-state index in [0.29, 0.717) is 24.1 Å². The molecule has 1 unspecified atom stereocenters. The number of para-hydroxylation sites is 1. The van der Waals surface area contributed by atoms with Crippen molar-refractivity contribution in [1.29, 1.82) is 0 Å². The van der Waals surface area contributed by atoms with Gasteiger partial charge < -0.3 is 10.1 Å². The van der Waals surface area contributed by atoms with Crippen LogP contribution in [0.15, 0.2) is 42.5 Å². The zero-order chi connectivity index (χ0) is 19.7. The Labute approximate surface area is 165 Å². The SMILES string of the molecule is O=C(NC1COc2ccccc21)c1nn(-c2ccc(F)cc2F)c2c1C[C@H]1C[C@@H]21. The Bertz CT molecular complexity index is 1170. The minimum Gasteiger partial charge on any atom is -0.491 e. The molecule has 3 atom stereocenters. The van der Waals surface area contributed by atoms with E-state index >= 15 is 0 Å². The third-order valence-corrected chi connectivity index (χ3v) is 6.12. The monoisotopic (exact) mass is 393 g/mol. The molecule has 1 aliphatic heterocycles. The van der Waals surface area contributed by atoms with Gasteiger partial charge in [-0.1, -0.05) is 18.2 Å². The Morgan fingerprint density at radius 3 is 2.93 bits per heavy atom. The zero-order valence-electron chi connectivity index (χ0n) is 15.4. The quantitative estimate of drug-likeness (QED) is 0.739. The van der Waals surface area contributed by atoms with Gasteiger partial charge in [-0.25, -0.2) is 13.5 Å². The Morgan fingerprint density at radius 1 is 1.21 bits per heavy atom. The molecule has 1 saturated carbocycles. The predicted octanol–water partition coefficient (Wildman–Crippen LogP) is 3.67. The molecule has 0 bridgehead atoms. The summed E-state index contributed by atoms with van der Waals surface area (Å²) in [5.74, 6) is -0.0853. The summed E-state index contributed by atoms with van der Waals surface area (Å²) >= 11 is 0. The van der Waals surface area contributed by atoms with Crippen LogP contribution in [-0.2, 0) is 6.42 Å². The van der Waals surface area contributed by atoms with Crippen molar-refractivity contribution in [2.24, 2.45) is 5.92 Å². The Balaban J connectivity index is 1.37. The third-order valence-electron chi connectivity index (χ3n) is 6.12. The van der Waals surface area contributed by atoms with E-state index in [0.717, 1.165) is 41.5 Å². The van der Waals surface area contributed by atoms with Crippen LogP contribution in [0.1, 0.15) is 45.7 Å². The number of hydrogen-bond acceptors (Lipinski definition) is 3. The van der Waals surface area contributed by atoms with E-state index in [1.165, 1.54) is 16.8 Å². The van der Waals surface area contributed by atoms with Crippen LogP contribution in [0.2, 0.25) is 0 Å². The molecule has 1 amide bonds. The first-order valence-corrected chi connectivity index (χ1v) is 9.70. The number of carbonyl (C=O) groups is 1. The van der Waals surface area contributed by atoms with Crippen LogP contribution in [0.4, 0.5) is 8.78 Å². The van der Waals surface area contributed by atoms with E-state index in [-0.39, 0.29) is 17.6 Å². The van der Waals surface area contributed by atoms with Crippen molar-refractivity contribution in [3.8, 4) is 11.4 Å². The predicted molar refractivity (Wildman–Crippen MR) is 100 cm³/mol. The number of carbonyl (C=O) groups excluding carboxylic acids is 1. The number of fused-ring (bicyclic) bond motifs is 4. The van der Waals surface area contributed by atoms with Gasteiger partial charge >= 0.3 is 0 Å². The van der Waals surface area contributed by atoms with E-state index < -0.39 is 11.6 Å². The Morgan fingerprint density at radius 2 is 2.07 bits per heavy atom. The zero-order valence-corrected chi connectivity index (χ0v) is 15.4. The highest BCUT2D eigenvalue weighted by molar-refractivity contribution is 5.95. The Kier molecular flexibility index (Phi) is 3.39. The second-order valence-corrected chi connectivity index (χ2v) is 7.90. The van der Waals surface area contributed by atoms with Gasteiger partial charge in [0.15, 0.2) is 11.5 Å². The first-order chi connectivity index (χ1) is 14.1. The van der Waals surface area contributed by atoms with Crippen molar-refractivity contribution in [1.82, 2.24) is 15.1 Å². The lowest BCUT2D eigenvalue weighted by molar-refractivity contribution is 0.0924. The van der Waals surface area contributed by atoms with Gasteiger partial charge in [0.2, 0.25) is 0 Å². The van der Waals surface area contributed by atoms with Crippen LogP contribution in [0.5, 0.6) is 5.75 Å². The van der Waals surface area contributed by atoms with E-state index in [9.17, 15) is 13.6 Å². The number of halogens is 2. The lowest BCUT2D eigenvalue weighted by atomic mass is 10.1. The van der Waals surface area contributed by atoms with Crippen molar-refractivity contribution in [2.45, 2.75) is 24.8 Å². The van der Waals surface area contributed by atoms with Gasteiger partial charge in [-0.15, -0.1) is 0 Å². The van der Waals surface area contributed by atoms with E-state index in [4.69, 9.17) is 4.74 Å². The number of hydrogen-bond donors (Lipinski definition) is 1. The van der Waals surface area contributed by atoms with Crippen LogP contribution in [-0.4, -0.2) is 22.3 Å². The van der Waals surface area contributed by atoms with Crippen molar-refractivity contribution in [3.05, 3.63) is 76.6 Å². The van der Waals surface area contributed by atoms with Crippen LogP contribution >= 0.6 is 0 Å². The van der Waals surface area contributed by atoms with Gasteiger partial charge in [-0.2, -0.15) is 5.10 Å². The number of ether oxygens (including phenoxy) is 1. The maximum absolute atomic E-state index is 14.4. The minimum atomic E-state index is -0.690. The number of rotatable bonds is 3. The van der Waals surface area contributed by atoms with Crippen molar-refractivity contribution < 1.29 is 18.3 Å². The van der Waals surface area contributed by atoms with E-state index in [1.807, 2.05) is 24.3 Å². The molecular formula is C22H17F2N3O2. The number of nitrogens with zero attached hydrogens (tertiary/aromatic N) is 2. The number of nitrogens with one attached hydrogen (secondary N) is 1. The van der Waals surface area contributed by atoms with Crippen LogP contribution in [0.3, 0.4) is 0 Å². The van der Waals surface area contributed by atoms with Crippen molar-refractivity contribution in [2.75, 3.05) is 6.61 Å². The number of aromatic nitrogens is 2. The molecule has 3 aromatic rings. The highest BCUT2D eigenvalue weighted by atomic mass is 19.1. The van der Waals surface area contributed by atoms with Gasteiger partial charge in [0.25, 0.3) is 5.91 Å². The van der Waals surface area contributed by atoms with Crippen LogP contribution < -0.4 is 10.1 Å². The van der Waals surface area contributed by atoms with Crippen LogP contribution in [0.25, 0.3) is 5.69 Å². The summed E-state index contributed by atoms with van der Waals surface area (Å²) in [6.45, 7) is 0.367. The third kappa shape index (κ3) is 2.50. The molecule has 0 radical (unpaired) electrons. The molecule has 5 nitrogen and oxygen atoms in total. The number of benzene rings is 2. The van der Waals surface area contributed by atoms with E-state index in [2.05, 4.69) is 10.4 Å². The summed E-state index contributed by atoms with van der Waals surface area (Å²) < 4.78 is 34.9. The molecule has 146 valence electrons. The summed E-state index contributed by atoms with van der Waals surface area (Å²) in [6, 6.07) is 10.8. The molecule has 3 aliphatic rings. The summed E-state index contributed by atoms with van der Waals surface area (Å²) in [7, 11) is 0. The highest BCUT2D eigenvalue weighted by Gasteiger charge is 2.50. The summed E-state index contributed by atoms with van der Waals surface area (Å²) in [5.41, 5.74) is 3.18. The smallest absolute Gasteiger partial charge is 0.272 e. The largest absolute Gasteiger partial charge is 0.491 e. The van der Waals surface area contributed by atoms with Gasteiger partial charge in [0, 0.05) is 23.1 Å². The maximum Gasteiger partial charge on any atom is 0.272 e. The van der Waals surface area contributed by atoms with Gasteiger partial charge in [0.05, 0.1) is 11.7 Å². The van der Waals surface area contributed by atoms with E-state index in [1.54, 1.807) is 0 Å².